The summed E-state index contributed by atoms with van der Waals surface area (Å²) in [6, 6.07) is 10.9. The number of carbonyl (C=O) groups excluding carboxylic acids is 2. The maximum Gasteiger partial charge on any atom is 0.258 e. The van der Waals surface area contributed by atoms with Gasteiger partial charge in [-0.2, -0.15) is 0 Å². The molecule has 0 aromatic heterocycles. The molecule has 2 amide bonds. The van der Waals surface area contributed by atoms with E-state index in [1.165, 1.54) is 24.3 Å². The van der Waals surface area contributed by atoms with Crippen molar-refractivity contribution in [3.05, 3.63) is 65.0 Å². The third-order valence-electron chi connectivity index (χ3n) is 4.39. The number of nitrogens with one attached hydrogen (secondary N) is 1. The summed E-state index contributed by atoms with van der Waals surface area (Å²) in [5, 5.41) is 2.84. The molecule has 0 unspecified atom stereocenters. The van der Waals surface area contributed by atoms with Gasteiger partial charge in [-0.05, 0) is 54.8 Å². The van der Waals surface area contributed by atoms with Crippen LogP contribution in [0.1, 0.15) is 32.7 Å². The number of hydrogen-bond donors (Lipinski definition) is 1. The summed E-state index contributed by atoms with van der Waals surface area (Å²) in [5.74, 6) is -0.748. The Morgan fingerprint density at radius 2 is 1.88 bits per heavy atom. The molecule has 5 nitrogen and oxygen atoms in total. The minimum Gasteiger partial charge on any atom is -0.385 e. The van der Waals surface area contributed by atoms with E-state index in [2.05, 4.69) is 5.32 Å². The minimum atomic E-state index is -0.379. The van der Waals surface area contributed by atoms with Crippen molar-refractivity contribution in [1.29, 1.82) is 0 Å². The van der Waals surface area contributed by atoms with Crippen molar-refractivity contribution in [3.8, 4) is 0 Å². The Kier molecular flexibility index (Phi) is 5.63. The maximum atomic E-state index is 13.1. The molecule has 1 N–H and O–H groups in total. The van der Waals surface area contributed by atoms with Gasteiger partial charge >= 0.3 is 0 Å². The highest BCUT2D eigenvalue weighted by Crippen LogP contribution is 2.30. The molecule has 0 aliphatic carbocycles. The predicted molar refractivity (Wildman–Crippen MR) is 97.0 cm³/mol. The number of methoxy groups -OCH3 is 1. The molecule has 1 aliphatic heterocycles. The standard InChI is InChI=1S/C20H21FN2O3/c1-26-12-2-10-22-19(24)16-4-3-14-9-11-23(18(14)13-16)20(25)15-5-7-17(21)8-6-15/h3-8,13H,2,9-12H2,1H3,(H,22,24). The smallest absolute Gasteiger partial charge is 0.258 e. The summed E-state index contributed by atoms with van der Waals surface area (Å²) in [6.07, 6.45) is 1.47. The van der Waals surface area contributed by atoms with E-state index in [0.717, 1.165) is 24.1 Å². The summed E-state index contributed by atoms with van der Waals surface area (Å²) in [7, 11) is 1.62. The first-order chi connectivity index (χ1) is 12.6. The van der Waals surface area contributed by atoms with Gasteiger partial charge in [0, 0.05) is 43.6 Å². The Labute approximate surface area is 151 Å². The normalized spacial score (nSPS) is 12.8. The Morgan fingerprint density at radius 3 is 2.62 bits per heavy atom. The third kappa shape index (κ3) is 3.91. The molecule has 2 aromatic rings. The molecule has 0 saturated heterocycles. The van der Waals surface area contributed by atoms with Crippen LogP contribution in [-0.2, 0) is 11.2 Å². The first-order valence-electron chi connectivity index (χ1n) is 8.57. The van der Waals surface area contributed by atoms with Crippen molar-refractivity contribution in [1.82, 2.24) is 5.32 Å². The molecule has 1 aliphatic rings. The number of fused-ring (bicyclic) bond motifs is 1. The van der Waals surface area contributed by atoms with Crippen LogP contribution in [0.15, 0.2) is 42.5 Å². The van der Waals surface area contributed by atoms with Crippen LogP contribution >= 0.6 is 0 Å². The molecule has 136 valence electrons. The SMILES string of the molecule is COCCCNC(=O)c1ccc2c(c1)N(C(=O)c1ccc(F)cc1)CC2. The van der Waals surface area contributed by atoms with E-state index in [1.54, 1.807) is 24.1 Å². The maximum absolute atomic E-state index is 13.1. The molecular weight excluding hydrogens is 335 g/mol. The molecule has 0 atom stereocenters. The van der Waals surface area contributed by atoms with Gasteiger partial charge in [-0.1, -0.05) is 6.07 Å². The Balaban J connectivity index is 1.75. The van der Waals surface area contributed by atoms with Gasteiger partial charge in [-0.3, -0.25) is 9.59 Å². The van der Waals surface area contributed by atoms with E-state index < -0.39 is 0 Å². The lowest BCUT2D eigenvalue weighted by molar-refractivity contribution is 0.0946. The monoisotopic (exact) mass is 356 g/mol. The van der Waals surface area contributed by atoms with Crippen LogP contribution in [0, 0.1) is 5.82 Å². The van der Waals surface area contributed by atoms with Crippen LogP contribution in [0.25, 0.3) is 0 Å². The largest absolute Gasteiger partial charge is 0.385 e. The van der Waals surface area contributed by atoms with Gasteiger partial charge in [0.2, 0.25) is 0 Å². The summed E-state index contributed by atoms with van der Waals surface area (Å²) in [6.45, 7) is 1.66. The third-order valence-corrected chi connectivity index (χ3v) is 4.39. The molecular formula is C20H21FN2O3. The van der Waals surface area contributed by atoms with Crippen molar-refractivity contribution in [2.45, 2.75) is 12.8 Å². The summed E-state index contributed by atoms with van der Waals surface area (Å²) >= 11 is 0. The number of anilines is 1. The zero-order valence-corrected chi connectivity index (χ0v) is 14.6. The Hall–Kier alpha value is -2.73. The second-order valence-electron chi connectivity index (χ2n) is 6.16. The average Bonchev–Trinajstić information content (AvgIpc) is 3.08. The molecule has 0 bridgehead atoms. The van der Waals surface area contributed by atoms with Gasteiger partial charge in [-0.25, -0.2) is 4.39 Å². The average molecular weight is 356 g/mol. The first kappa shape index (κ1) is 18.1. The number of nitrogens with zero attached hydrogens (tertiary/aromatic N) is 1. The molecule has 2 aromatic carbocycles. The molecule has 0 radical (unpaired) electrons. The van der Waals surface area contributed by atoms with Gasteiger partial charge in [0.25, 0.3) is 11.8 Å². The molecule has 0 spiro atoms. The molecule has 3 rings (SSSR count). The van der Waals surface area contributed by atoms with E-state index in [0.29, 0.717) is 30.8 Å². The fraction of sp³-hybridized carbons (Fsp3) is 0.300. The summed E-state index contributed by atoms with van der Waals surface area (Å²) in [4.78, 5) is 26.7. The fourth-order valence-corrected chi connectivity index (χ4v) is 3.00. The highest BCUT2D eigenvalue weighted by Gasteiger charge is 2.26. The van der Waals surface area contributed by atoms with Crippen molar-refractivity contribution in [3.63, 3.8) is 0 Å². The number of amides is 2. The molecule has 0 fully saturated rings. The quantitative estimate of drug-likeness (QED) is 0.810. The summed E-state index contributed by atoms with van der Waals surface area (Å²) in [5.41, 5.74) is 2.70. The number of halogens is 1. The topological polar surface area (TPSA) is 58.6 Å². The van der Waals surface area contributed by atoms with Gasteiger partial charge in [0.1, 0.15) is 5.82 Å². The van der Waals surface area contributed by atoms with Crippen LogP contribution in [0.3, 0.4) is 0 Å². The van der Waals surface area contributed by atoms with Crippen molar-refractivity contribution < 1.29 is 18.7 Å². The molecule has 1 heterocycles. The number of carbonyl (C=O) groups is 2. The number of benzene rings is 2. The van der Waals surface area contributed by atoms with Gasteiger partial charge in [-0.15, -0.1) is 0 Å². The molecule has 6 heteroatoms. The lowest BCUT2D eigenvalue weighted by Gasteiger charge is -2.18. The van der Waals surface area contributed by atoms with Crippen LogP contribution in [0.5, 0.6) is 0 Å². The van der Waals surface area contributed by atoms with Gasteiger partial charge in [0.15, 0.2) is 0 Å². The first-order valence-corrected chi connectivity index (χ1v) is 8.57. The van der Waals surface area contributed by atoms with Crippen molar-refractivity contribution >= 4 is 17.5 Å². The van der Waals surface area contributed by atoms with Crippen molar-refractivity contribution in [2.24, 2.45) is 0 Å². The Bertz CT molecular complexity index is 805. The lowest BCUT2D eigenvalue weighted by Crippen LogP contribution is -2.29. The second kappa shape index (κ2) is 8.10. The fourth-order valence-electron chi connectivity index (χ4n) is 3.00. The number of hydrogen-bond acceptors (Lipinski definition) is 3. The Morgan fingerprint density at radius 1 is 1.15 bits per heavy atom. The van der Waals surface area contributed by atoms with Crippen LogP contribution in [0.4, 0.5) is 10.1 Å². The molecule has 0 saturated carbocycles. The van der Waals surface area contributed by atoms with E-state index in [1.807, 2.05) is 6.07 Å². The summed E-state index contributed by atoms with van der Waals surface area (Å²) < 4.78 is 18.0. The lowest BCUT2D eigenvalue weighted by atomic mass is 10.1. The van der Waals surface area contributed by atoms with Crippen LogP contribution < -0.4 is 10.2 Å². The molecule has 26 heavy (non-hydrogen) atoms. The second-order valence-corrected chi connectivity index (χ2v) is 6.16. The van der Waals surface area contributed by atoms with E-state index in [-0.39, 0.29) is 17.6 Å². The van der Waals surface area contributed by atoms with E-state index in [9.17, 15) is 14.0 Å². The number of ether oxygens (including phenoxy) is 1. The van der Waals surface area contributed by atoms with E-state index >= 15 is 0 Å². The van der Waals surface area contributed by atoms with Gasteiger partial charge in [0.05, 0.1) is 0 Å². The minimum absolute atomic E-state index is 0.176. The van der Waals surface area contributed by atoms with Crippen molar-refractivity contribution in [2.75, 3.05) is 31.7 Å². The highest BCUT2D eigenvalue weighted by atomic mass is 19.1. The zero-order chi connectivity index (χ0) is 18.5. The predicted octanol–water partition coefficient (Wildman–Crippen LogP) is 2.79. The van der Waals surface area contributed by atoms with Gasteiger partial charge < -0.3 is 15.0 Å². The van der Waals surface area contributed by atoms with E-state index in [4.69, 9.17) is 4.74 Å². The van der Waals surface area contributed by atoms with Crippen LogP contribution in [0.2, 0.25) is 0 Å². The highest BCUT2D eigenvalue weighted by molar-refractivity contribution is 6.08. The van der Waals surface area contributed by atoms with Crippen LogP contribution in [-0.4, -0.2) is 38.6 Å². The zero-order valence-electron chi connectivity index (χ0n) is 14.6. The number of rotatable bonds is 6.